The van der Waals surface area contributed by atoms with Gasteiger partial charge in [0.2, 0.25) is 0 Å². The van der Waals surface area contributed by atoms with Crippen LogP contribution in [0.15, 0.2) is 30.4 Å². The topological polar surface area (TPSA) is 83.8 Å². The van der Waals surface area contributed by atoms with Gasteiger partial charge in [-0.2, -0.15) is 0 Å². The number of phenolic OH excluding ortho intramolecular Hbond substituents is 1. The molecule has 1 aromatic carbocycles. The van der Waals surface area contributed by atoms with Crippen molar-refractivity contribution in [3.8, 4) is 11.5 Å². The molecule has 1 rings (SSSR count). The van der Waals surface area contributed by atoms with Gasteiger partial charge in [0.05, 0.1) is 12.7 Å². The summed E-state index contributed by atoms with van der Waals surface area (Å²) in [7, 11) is 1.42. The predicted molar refractivity (Wildman–Crippen MR) is 55.8 cm³/mol. The van der Waals surface area contributed by atoms with Gasteiger partial charge in [-0.05, 0) is 24.3 Å². The zero-order chi connectivity index (χ0) is 12.1. The molecule has 5 heteroatoms. The Labute approximate surface area is 91.6 Å². The molecule has 1 aromatic rings. The predicted octanol–water partition coefficient (Wildman–Crippen LogP) is 1.22. The highest BCUT2D eigenvalue weighted by molar-refractivity contribution is 6.08. The monoisotopic (exact) mass is 222 g/mol. The largest absolute Gasteiger partial charge is 0.507 e. The van der Waals surface area contributed by atoms with Crippen molar-refractivity contribution in [1.29, 1.82) is 0 Å². The number of rotatable bonds is 4. The molecule has 2 N–H and O–H groups in total. The summed E-state index contributed by atoms with van der Waals surface area (Å²) in [5, 5.41) is 17.8. The minimum atomic E-state index is -1.23. The number of carbonyl (C=O) groups excluding carboxylic acids is 1. The Kier molecular flexibility index (Phi) is 3.66. The summed E-state index contributed by atoms with van der Waals surface area (Å²) in [6.07, 6.45) is 1.58. The number of hydrogen-bond donors (Lipinski definition) is 2. The first kappa shape index (κ1) is 11.8. The molecule has 0 atom stereocenters. The number of aromatic hydroxyl groups is 1. The van der Waals surface area contributed by atoms with Gasteiger partial charge in [0.15, 0.2) is 5.78 Å². The summed E-state index contributed by atoms with van der Waals surface area (Å²) in [5.74, 6) is -1.64. The number of ketones is 1. The van der Waals surface area contributed by atoms with Crippen LogP contribution in [0.3, 0.4) is 0 Å². The number of carbonyl (C=O) groups is 2. The normalized spacial score (nSPS) is 10.3. The molecule has 0 amide bonds. The third kappa shape index (κ3) is 2.84. The Morgan fingerprint density at radius 2 is 2.00 bits per heavy atom. The van der Waals surface area contributed by atoms with E-state index < -0.39 is 11.8 Å². The Hall–Kier alpha value is -2.30. The van der Waals surface area contributed by atoms with Crippen LogP contribution in [-0.2, 0) is 4.79 Å². The quantitative estimate of drug-likeness (QED) is 0.591. The molecule has 16 heavy (non-hydrogen) atoms. The van der Waals surface area contributed by atoms with Gasteiger partial charge in [0.25, 0.3) is 0 Å². The lowest BCUT2D eigenvalue weighted by atomic mass is 10.1. The van der Waals surface area contributed by atoms with Crippen LogP contribution < -0.4 is 4.74 Å². The number of aliphatic carboxylic acids is 1. The maximum atomic E-state index is 11.5. The summed E-state index contributed by atoms with van der Waals surface area (Å²) >= 11 is 0. The molecule has 84 valence electrons. The van der Waals surface area contributed by atoms with E-state index in [0.29, 0.717) is 11.8 Å². The average molecular weight is 222 g/mol. The zero-order valence-electron chi connectivity index (χ0n) is 8.51. The van der Waals surface area contributed by atoms with Crippen LogP contribution in [-0.4, -0.2) is 29.1 Å². The number of allylic oxidation sites excluding steroid dienone is 1. The Morgan fingerprint density at radius 3 is 2.56 bits per heavy atom. The van der Waals surface area contributed by atoms with Crippen molar-refractivity contribution in [2.24, 2.45) is 0 Å². The second kappa shape index (κ2) is 4.97. The maximum Gasteiger partial charge on any atom is 0.328 e. The second-order valence-corrected chi connectivity index (χ2v) is 2.92. The van der Waals surface area contributed by atoms with E-state index >= 15 is 0 Å². The number of hydrogen-bond acceptors (Lipinski definition) is 4. The number of carboxylic acid groups (broad SMARTS) is 1. The van der Waals surface area contributed by atoms with Crippen molar-refractivity contribution in [3.05, 3.63) is 35.9 Å². The Bertz CT molecular complexity index is 448. The third-order valence-electron chi connectivity index (χ3n) is 1.85. The zero-order valence-corrected chi connectivity index (χ0v) is 8.51. The van der Waals surface area contributed by atoms with Crippen LogP contribution in [0.4, 0.5) is 0 Å². The average Bonchev–Trinajstić information content (AvgIpc) is 2.26. The van der Waals surface area contributed by atoms with Crippen LogP contribution in [0.1, 0.15) is 10.4 Å². The van der Waals surface area contributed by atoms with Crippen LogP contribution in [0.5, 0.6) is 11.5 Å². The van der Waals surface area contributed by atoms with Crippen molar-refractivity contribution in [2.75, 3.05) is 7.11 Å². The standard InChI is InChI=1S/C11H10O5/c1-16-7-2-3-9(12)8(6-7)10(13)4-5-11(14)15/h2-6,12H,1H3,(H,14,15)/b5-4+. The number of ether oxygens (including phenoxy) is 1. The molecule has 0 saturated carbocycles. The molecule has 0 heterocycles. The highest BCUT2D eigenvalue weighted by atomic mass is 16.5. The first-order valence-corrected chi connectivity index (χ1v) is 4.37. The minimum absolute atomic E-state index is 0.00292. The number of benzene rings is 1. The number of carboxylic acids is 1. The highest BCUT2D eigenvalue weighted by Gasteiger charge is 2.09. The van der Waals surface area contributed by atoms with Crippen molar-refractivity contribution in [2.45, 2.75) is 0 Å². The van der Waals surface area contributed by atoms with Crippen LogP contribution in [0.25, 0.3) is 0 Å². The van der Waals surface area contributed by atoms with E-state index in [1.54, 1.807) is 0 Å². The summed E-state index contributed by atoms with van der Waals surface area (Å²) < 4.78 is 4.88. The fourth-order valence-corrected chi connectivity index (χ4v) is 1.08. The summed E-state index contributed by atoms with van der Waals surface area (Å²) in [5.41, 5.74) is -0.00292. The molecule has 0 aliphatic carbocycles. The molecule has 0 spiro atoms. The van der Waals surface area contributed by atoms with E-state index in [4.69, 9.17) is 9.84 Å². The lowest BCUT2D eigenvalue weighted by molar-refractivity contribution is -0.131. The molecular formula is C11H10O5. The molecule has 0 saturated heterocycles. The van der Waals surface area contributed by atoms with Gasteiger partial charge >= 0.3 is 5.97 Å². The molecule has 5 nitrogen and oxygen atoms in total. The molecule has 0 bridgehead atoms. The number of methoxy groups -OCH3 is 1. The Balaban J connectivity index is 3.02. The van der Waals surface area contributed by atoms with Crippen molar-refractivity contribution in [1.82, 2.24) is 0 Å². The molecule has 0 aliphatic heterocycles. The van der Waals surface area contributed by atoms with E-state index in [1.807, 2.05) is 0 Å². The second-order valence-electron chi connectivity index (χ2n) is 2.92. The van der Waals surface area contributed by atoms with Crippen molar-refractivity contribution < 1.29 is 24.5 Å². The first-order valence-electron chi connectivity index (χ1n) is 4.37. The van der Waals surface area contributed by atoms with Gasteiger partial charge in [0, 0.05) is 6.08 Å². The van der Waals surface area contributed by atoms with E-state index in [1.165, 1.54) is 25.3 Å². The molecule has 0 radical (unpaired) electrons. The van der Waals surface area contributed by atoms with Crippen molar-refractivity contribution >= 4 is 11.8 Å². The van der Waals surface area contributed by atoms with Crippen LogP contribution >= 0.6 is 0 Å². The summed E-state index contributed by atoms with van der Waals surface area (Å²) in [6.45, 7) is 0. The number of phenols is 1. The van der Waals surface area contributed by atoms with E-state index in [-0.39, 0.29) is 11.3 Å². The summed E-state index contributed by atoms with van der Waals surface area (Å²) in [6, 6.07) is 4.14. The van der Waals surface area contributed by atoms with Crippen LogP contribution in [0, 0.1) is 0 Å². The fraction of sp³-hybridized carbons (Fsp3) is 0.0909. The minimum Gasteiger partial charge on any atom is -0.507 e. The van der Waals surface area contributed by atoms with E-state index in [9.17, 15) is 14.7 Å². The first-order chi connectivity index (χ1) is 7.54. The van der Waals surface area contributed by atoms with Gasteiger partial charge in [-0.25, -0.2) is 4.79 Å². The van der Waals surface area contributed by atoms with Gasteiger partial charge in [-0.15, -0.1) is 0 Å². The lowest BCUT2D eigenvalue weighted by Gasteiger charge is -2.03. The third-order valence-corrected chi connectivity index (χ3v) is 1.85. The van der Waals surface area contributed by atoms with Gasteiger partial charge in [-0.3, -0.25) is 4.79 Å². The van der Waals surface area contributed by atoms with Crippen molar-refractivity contribution in [3.63, 3.8) is 0 Å². The molecule has 0 aromatic heterocycles. The van der Waals surface area contributed by atoms with Gasteiger partial charge < -0.3 is 14.9 Å². The maximum absolute atomic E-state index is 11.5. The Morgan fingerprint density at radius 1 is 1.31 bits per heavy atom. The lowest BCUT2D eigenvalue weighted by Crippen LogP contribution is -1.98. The van der Waals surface area contributed by atoms with E-state index in [2.05, 4.69) is 0 Å². The molecule has 0 aliphatic rings. The smallest absolute Gasteiger partial charge is 0.328 e. The molecule has 0 unspecified atom stereocenters. The van der Waals surface area contributed by atoms with E-state index in [0.717, 1.165) is 6.08 Å². The van der Waals surface area contributed by atoms with Crippen LogP contribution in [0.2, 0.25) is 0 Å². The molecular weight excluding hydrogens is 212 g/mol. The van der Waals surface area contributed by atoms with Gasteiger partial charge in [0.1, 0.15) is 11.5 Å². The fourth-order valence-electron chi connectivity index (χ4n) is 1.08. The van der Waals surface area contributed by atoms with Gasteiger partial charge in [-0.1, -0.05) is 0 Å². The molecule has 0 fully saturated rings. The summed E-state index contributed by atoms with van der Waals surface area (Å²) in [4.78, 5) is 21.7. The highest BCUT2D eigenvalue weighted by Crippen LogP contribution is 2.23. The SMILES string of the molecule is COc1ccc(O)c(C(=O)/C=C/C(=O)O)c1.